The van der Waals surface area contributed by atoms with Crippen molar-refractivity contribution in [3.8, 4) is 17.2 Å². The van der Waals surface area contributed by atoms with E-state index in [0.717, 1.165) is 11.1 Å². The van der Waals surface area contributed by atoms with Gasteiger partial charge in [0, 0.05) is 10.7 Å². The summed E-state index contributed by atoms with van der Waals surface area (Å²) in [5.74, 6) is 1.85. The zero-order chi connectivity index (χ0) is 28.2. The third-order valence-electron chi connectivity index (χ3n) is 6.34. The Labute approximate surface area is 245 Å². The van der Waals surface area contributed by atoms with E-state index in [2.05, 4.69) is 36.6 Å². The van der Waals surface area contributed by atoms with Gasteiger partial charge < -0.3 is 24.8 Å². The lowest BCUT2D eigenvalue weighted by Crippen LogP contribution is -2.31. The summed E-state index contributed by atoms with van der Waals surface area (Å²) in [6, 6.07) is 17.9. The van der Waals surface area contributed by atoms with Gasteiger partial charge in [-0.2, -0.15) is 10.1 Å². The Morgan fingerprint density at radius 3 is 2.65 bits per heavy atom. The van der Waals surface area contributed by atoms with Crippen LogP contribution >= 0.6 is 27.5 Å². The highest BCUT2D eigenvalue weighted by Gasteiger charge is 2.35. The molecule has 0 fully saturated rings. The fraction of sp³-hybridized carbons (Fsp3) is 0.207. The zero-order valence-electron chi connectivity index (χ0n) is 22.1. The maximum atomic E-state index is 13.8. The smallest absolute Gasteiger partial charge is 0.255 e. The van der Waals surface area contributed by atoms with Crippen LogP contribution in [-0.2, 0) is 11.4 Å². The summed E-state index contributed by atoms with van der Waals surface area (Å²) in [5.41, 5.74) is 3.39. The normalized spacial score (nSPS) is 14.3. The fourth-order valence-electron chi connectivity index (χ4n) is 4.52. The minimum atomic E-state index is -0.603. The van der Waals surface area contributed by atoms with E-state index in [1.165, 1.54) is 6.33 Å². The number of nitrogens with one attached hydrogen (secondary N) is 2. The number of hydrogen-bond acceptors (Lipinski definition) is 7. The monoisotopic (exact) mass is 623 g/mol. The van der Waals surface area contributed by atoms with E-state index in [4.69, 9.17) is 25.8 Å². The van der Waals surface area contributed by atoms with Gasteiger partial charge in [-0.1, -0.05) is 35.9 Å². The Morgan fingerprint density at radius 2 is 1.90 bits per heavy atom. The molecule has 2 N–H and O–H groups in total. The van der Waals surface area contributed by atoms with Gasteiger partial charge in [-0.25, -0.2) is 4.68 Å². The molecule has 0 saturated heterocycles. The summed E-state index contributed by atoms with van der Waals surface area (Å²) in [6.07, 6.45) is 1.45. The summed E-state index contributed by atoms with van der Waals surface area (Å²) in [4.78, 5) is 18.1. The molecule has 9 nitrogen and oxygen atoms in total. The maximum Gasteiger partial charge on any atom is 0.255 e. The second-order valence-corrected chi connectivity index (χ2v) is 10.2. The number of benzene rings is 3. The van der Waals surface area contributed by atoms with Crippen molar-refractivity contribution >= 4 is 45.1 Å². The second-order valence-electron chi connectivity index (χ2n) is 8.93. The molecule has 0 bridgehead atoms. The van der Waals surface area contributed by atoms with Crippen molar-refractivity contribution < 1.29 is 19.0 Å². The minimum absolute atomic E-state index is 0.308. The molecule has 3 aromatic carbocycles. The molecule has 1 aliphatic heterocycles. The van der Waals surface area contributed by atoms with Crippen molar-refractivity contribution in [2.24, 2.45) is 0 Å². The van der Waals surface area contributed by atoms with Crippen LogP contribution in [-0.4, -0.2) is 34.4 Å². The molecule has 206 valence electrons. The molecule has 2 heterocycles. The standard InChI is InChI=1S/C29H27BrClN5O4/c1-4-39-24-14-19(13-21(30)27(24)40-15-18-9-11-20(31)12-10-18)26-25(17(2)34-29-32-16-33-36(26)29)28(37)35-22-7-5-6-8-23(22)38-3/h5-14,16,26H,4,15H2,1-3H3,(H,35,37)(H,32,33,34). The molecule has 0 aliphatic carbocycles. The highest BCUT2D eigenvalue weighted by molar-refractivity contribution is 9.10. The van der Waals surface area contributed by atoms with E-state index in [1.807, 2.05) is 62.4 Å². The van der Waals surface area contributed by atoms with Crippen molar-refractivity contribution in [1.29, 1.82) is 0 Å². The Morgan fingerprint density at radius 1 is 1.12 bits per heavy atom. The SMILES string of the molecule is CCOc1cc(C2C(C(=O)Nc3ccccc3OC)=C(C)Nc3ncnn32)cc(Br)c1OCc1ccc(Cl)cc1. The average molecular weight is 625 g/mol. The number of rotatable bonds is 9. The first kappa shape index (κ1) is 27.5. The lowest BCUT2D eigenvalue weighted by molar-refractivity contribution is -0.113. The van der Waals surface area contributed by atoms with Crippen molar-refractivity contribution in [3.63, 3.8) is 0 Å². The molecule has 1 aromatic heterocycles. The van der Waals surface area contributed by atoms with Gasteiger partial charge in [-0.15, -0.1) is 0 Å². The largest absolute Gasteiger partial charge is 0.495 e. The van der Waals surface area contributed by atoms with Crippen LogP contribution in [0, 0.1) is 0 Å². The van der Waals surface area contributed by atoms with Crippen LogP contribution in [0.5, 0.6) is 17.2 Å². The molecule has 1 unspecified atom stereocenters. The molecule has 0 spiro atoms. The van der Waals surface area contributed by atoms with Crippen molar-refractivity contribution in [3.05, 3.63) is 98.9 Å². The van der Waals surface area contributed by atoms with Crippen LogP contribution in [0.4, 0.5) is 11.6 Å². The van der Waals surface area contributed by atoms with Gasteiger partial charge >= 0.3 is 0 Å². The second kappa shape index (κ2) is 12.0. The van der Waals surface area contributed by atoms with Crippen LogP contribution in [0.2, 0.25) is 5.02 Å². The van der Waals surface area contributed by atoms with Gasteiger partial charge in [0.05, 0.1) is 29.4 Å². The van der Waals surface area contributed by atoms with Gasteiger partial charge in [0.25, 0.3) is 5.91 Å². The Bertz CT molecular complexity index is 1570. The molecule has 11 heteroatoms. The first-order valence-corrected chi connectivity index (χ1v) is 13.7. The van der Waals surface area contributed by atoms with Gasteiger partial charge in [-0.05, 0) is 77.3 Å². The first-order valence-electron chi connectivity index (χ1n) is 12.5. The van der Waals surface area contributed by atoms with E-state index >= 15 is 0 Å². The molecule has 40 heavy (non-hydrogen) atoms. The molecule has 1 aliphatic rings. The number of fused-ring (bicyclic) bond motifs is 1. The molecule has 0 radical (unpaired) electrons. The number of hydrogen-bond donors (Lipinski definition) is 2. The van der Waals surface area contributed by atoms with E-state index in [9.17, 15) is 4.79 Å². The molecular weight excluding hydrogens is 598 g/mol. The molecule has 5 rings (SSSR count). The molecule has 1 amide bonds. The summed E-state index contributed by atoms with van der Waals surface area (Å²) >= 11 is 9.70. The van der Waals surface area contributed by atoms with E-state index in [-0.39, 0.29) is 5.91 Å². The van der Waals surface area contributed by atoms with Gasteiger partial charge in [-0.3, -0.25) is 4.79 Å². The number of para-hydroxylation sites is 2. The number of methoxy groups -OCH3 is 1. The topological polar surface area (TPSA) is 99.5 Å². The number of ether oxygens (including phenoxy) is 3. The third-order valence-corrected chi connectivity index (χ3v) is 7.18. The number of amides is 1. The number of carbonyl (C=O) groups is 1. The number of carbonyl (C=O) groups excluding carboxylic acids is 1. The number of aromatic nitrogens is 3. The Hall–Kier alpha value is -4.02. The average Bonchev–Trinajstić information content (AvgIpc) is 3.41. The Kier molecular flexibility index (Phi) is 8.27. The predicted molar refractivity (Wildman–Crippen MR) is 157 cm³/mol. The highest BCUT2D eigenvalue weighted by atomic mass is 79.9. The van der Waals surface area contributed by atoms with Gasteiger partial charge in [0.1, 0.15) is 24.7 Å². The quantitative estimate of drug-likeness (QED) is 0.216. The summed E-state index contributed by atoms with van der Waals surface area (Å²) in [7, 11) is 1.56. The van der Waals surface area contributed by atoms with Crippen molar-refractivity contribution in [2.45, 2.75) is 26.5 Å². The lowest BCUT2D eigenvalue weighted by atomic mass is 9.94. The van der Waals surface area contributed by atoms with E-state index < -0.39 is 6.04 Å². The van der Waals surface area contributed by atoms with Crippen LogP contribution in [0.1, 0.15) is 31.0 Å². The number of anilines is 2. The Balaban J connectivity index is 1.53. The molecule has 1 atom stereocenters. The third kappa shape index (κ3) is 5.64. The van der Waals surface area contributed by atoms with Gasteiger partial charge in [0.15, 0.2) is 11.5 Å². The minimum Gasteiger partial charge on any atom is -0.495 e. The fourth-order valence-corrected chi connectivity index (χ4v) is 5.22. The van der Waals surface area contributed by atoms with E-state index in [1.54, 1.807) is 23.9 Å². The predicted octanol–water partition coefficient (Wildman–Crippen LogP) is 6.61. The first-order chi connectivity index (χ1) is 19.4. The molecular formula is C29H27BrClN5O4. The maximum absolute atomic E-state index is 13.8. The van der Waals surface area contributed by atoms with Crippen molar-refractivity contribution in [2.75, 3.05) is 24.4 Å². The number of halogens is 2. The molecule has 4 aromatic rings. The summed E-state index contributed by atoms with van der Waals surface area (Å²) in [5, 5.41) is 11.3. The lowest BCUT2D eigenvalue weighted by Gasteiger charge is -2.29. The number of allylic oxidation sites excluding steroid dienone is 1. The summed E-state index contributed by atoms with van der Waals surface area (Å²) in [6.45, 7) is 4.48. The summed E-state index contributed by atoms with van der Waals surface area (Å²) < 4.78 is 20.0. The van der Waals surface area contributed by atoms with Crippen LogP contribution < -0.4 is 24.8 Å². The molecule has 0 saturated carbocycles. The van der Waals surface area contributed by atoms with Crippen molar-refractivity contribution in [1.82, 2.24) is 14.8 Å². The van der Waals surface area contributed by atoms with Crippen LogP contribution in [0.15, 0.2) is 82.7 Å². The van der Waals surface area contributed by atoms with E-state index in [0.29, 0.717) is 62.9 Å². The number of nitrogens with zero attached hydrogens (tertiary/aromatic N) is 3. The van der Waals surface area contributed by atoms with Crippen LogP contribution in [0.3, 0.4) is 0 Å². The van der Waals surface area contributed by atoms with Gasteiger partial charge in [0.2, 0.25) is 5.95 Å². The van der Waals surface area contributed by atoms with Crippen LogP contribution in [0.25, 0.3) is 0 Å². The highest BCUT2D eigenvalue weighted by Crippen LogP contribution is 2.43. The zero-order valence-corrected chi connectivity index (χ0v) is 24.4.